The normalized spacial score (nSPS) is 12.1. The first-order valence-corrected chi connectivity index (χ1v) is 7.89. The van der Waals surface area contributed by atoms with Crippen molar-refractivity contribution in [3.63, 3.8) is 0 Å². The molecule has 0 radical (unpaired) electrons. The third-order valence-electron chi connectivity index (χ3n) is 3.60. The van der Waals surface area contributed by atoms with Gasteiger partial charge >= 0.3 is 0 Å². The number of aliphatic hydroxyl groups excluding tert-OH is 1. The Morgan fingerprint density at radius 3 is 2.29 bits per heavy atom. The summed E-state index contributed by atoms with van der Waals surface area (Å²) in [7, 11) is 1.62. The van der Waals surface area contributed by atoms with Crippen molar-refractivity contribution in [2.75, 3.05) is 13.7 Å². The summed E-state index contributed by atoms with van der Waals surface area (Å²) < 4.78 is 10.6. The summed E-state index contributed by atoms with van der Waals surface area (Å²) in [6, 6.07) is 14.4. The molecule has 2 aromatic rings. The van der Waals surface area contributed by atoms with Gasteiger partial charge in [-0.1, -0.05) is 25.1 Å². The monoisotopic (exact) mass is 326 g/mol. The molecule has 1 N–H and O–H groups in total. The molecule has 0 aliphatic heterocycles. The van der Waals surface area contributed by atoms with Crippen LogP contribution in [0.25, 0.3) is 6.08 Å². The molecule has 0 amide bonds. The molecule has 0 spiro atoms. The van der Waals surface area contributed by atoms with Crippen molar-refractivity contribution < 1.29 is 19.4 Å². The van der Waals surface area contributed by atoms with Crippen molar-refractivity contribution in [3.05, 3.63) is 65.7 Å². The van der Waals surface area contributed by atoms with E-state index in [0.717, 1.165) is 11.3 Å². The average Bonchev–Trinajstić information content (AvgIpc) is 2.64. The third kappa shape index (κ3) is 5.25. The van der Waals surface area contributed by atoms with Gasteiger partial charge in [0, 0.05) is 5.56 Å². The Hall–Kier alpha value is -2.59. The van der Waals surface area contributed by atoms with Crippen LogP contribution in [0.2, 0.25) is 0 Å². The highest BCUT2D eigenvalue weighted by molar-refractivity contribution is 6.06. The molecule has 24 heavy (non-hydrogen) atoms. The number of hydrogen-bond donors (Lipinski definition) is 1. The van der Waals surface area contributed by atoms with Gasteiger partial charge in [-0.25, -0.2) is 0 Å². The maximum absolute atomic E-state index is 12.2. The lowest BCUT2D eigenvalue weighted by molar-refractivity contribution is 0.103. The van der Waals surface area contributed by atoms with E-state index in [1.807, 2.05) is 31.2 Å². The second-order valence-corrected chi connectivity index (χ2v) is 5.37. The van der Waals surface area contributed by atoms with E-state index in [2.05, 4.69) is 0 Å². The van der Waals surface area contributed by atoms with Crippen LogP contribution in [0.15, 0.2) is 54.6 Å². The maximum atomic E-state index is 12.2. The van der Waals surface area contributed by atoms with Gasteiger partial charge in [-0.15, -0.1) is 0 Å². The van der Waals surface area contributed by atoms with Crippen molar-refractivity contribution in [3.8, 4) is 11.5 Å². The number of benzene rings is 2. The molecule has 0 aliphatic rings. The summed E-state index contributed by atoms with van der Waals surface area (Å²) in [6.45, 7) is 2.14. The number of hydrogen-bond acceptors (Lipinski definition) is 4. The van der Waals surface area contributed by atoms with E-state index >= 15 is 0 Å². The fourth-order valence-electron chi connectivity index (χ4n) is 2.01. The summed E-state index contributed by atoms with van der Waals surface area (Å²) in [6.07, 6.45) is 3.48. The van der Waals surface area contributed by atoms with Gasteiger partial charge in [0.1, 0.15) is 18.1 Å². The maximum Gasteiger partial charge on any atom is 0.185 e. The Kier molecular flexibility index (Phi) is 6.58. The quantitative estimate of drug-likeness (QED) is 0.593. The van der Waals surface area contributed by atoms with Crippen LogP contribution < -0.4 is 9.47 Å². The number of ether oxygens (including phenoxy) is 2. The Bertz CT molecular complexity index is 672. The van der Waals surface area contributed by atoms with Crippen molar-refractivity contribution in [2.45, 2.75) is 19.4 Å². The molecule has 0 saturated heterocycles. The SMILES string of the molecule is CCC(O)COc1ccc(C(=O)/C=C\c2ccc(OC)cc2)cc1. The topological polar surface area (TPSA) is 55.8 Å². The van der Waals surface area contributed by atoms with Crippen LogP contribution >= 0.6 is 0 Å². The first-order valence-electron chi connectivity index (χ1n) is 7.89. The highest BCUT2D eigenvalue weighted by Gasteiger charge is 2.04. The van der Waals surface area contributed by atoms with E-state index in [-0.39, 0.29) is 12.4 Å². The van der Waals surface area contributed by atoms with E-state index in [9.17, 15) is 9.90 Å². The lowest BCUT2D eigenvalue weighted by Crippen LogP contribution is -2.15. The molecule has 2 aromatic carbocycles. The van der Waals surface area contributed by atoms with Crippen LogP contribution in [0.5, 0.6) is 11.5 Å². The molecule has 1 atom stereocenters. The molecule has 0 aliphatic carbocycles. The van der Waals surface area contributed by atoms with Gasteiger partial charge < -0.3 is 14.6 Å². The predicted octanol–water partition coefficient (Wildman–Crippen LogP) is 3.74. The van der Waals surface area contributed by atoms with Gasteiger partial charge in [0.05, 0.1) is 13.2 Å². The second kappa shape index (κ2) is 8.89. The molecule has 0 fully saturated rings. The molecule has 2 rings (SSSR count). The first-order chi connectivity index (χ1) is 11.6. The van der Waals surface area contributed by atoms with Gasteiger partial charge in [0.2, 0.25) is 0 Å². The summed E-state index contributed by atoms with van der Waals surface area (Å²) >= 11 is 0. The summed E-state index contributed by atoms with van der Waals surface area (Å²) in [4.78, 5) is 12.2. The van der Waals surface area contributed by atoms with Crippen molar-refractivity contribution in [1.29, 1.82) is 0 Å². The van der Waals surface area contributed by atoms with E-state index < -0.39 is 6.10 Å². The van der Waals surface area contributed by atoms with Crippen LogP contribution in [0.4, 0.5) is 0 Å². The van der Waals surface area contributed by atoms with Crippen LogP contribution in [-0.4, -0.2) is 30.7 Å². The van der Waals surface area contributed by atoms with E-state index in [1.54, 1.807) is 43.5 Å². The number of aliphatic hydroxyl groups is 1. The fraction of sp³-hybridized carbons (Fsp3) is 0.250. The Balaban J connectivity index is 1.95. The average molecular weight is 326 g/mol. The molecule has 0 heterocycles. The molecule has 0 bridgehead atoms. The molecule has 0 saturated carbocycles. The highest BCUT2D eigenvalue weighted by atomic mass is 16.5. The van der Waals surface area contributed by atoms with Crippen LogP contribution in [0.1, 0.15) is 29.3 Å². The zero-order valence-corrected chi connectivity index (χ0v) is 13.9. The zero-order chi connectivity index (χ0) is 17.4. The Morgan fingerprint density at radius 1 is 1.08 bits per heavy atom. The number of methoxy groups -OCH3 is 1. The molecule has 4 heteroatoms. The first kappa shape index (κ1) is 17.8. The van der Waals surface area contributed by atoms with Gasteiger partial charge in [0.15, 0.2) is 5.78 Å². The minimum absolute atomic E-state index is 0.0778. The molecular weight excluding hydrogens is 304 g/mol. The number of rotatable bonds is 8. The molecule has 0 aromatic heterocycles. The number of allylic oxidation sites excluding steroid dienone is 1. The number of carbonyl (C=O) groups is 1. The van der Waals surface area contributed by atoms with Crippen LogP contribution in [0, 0.1) is 0 Å². The number of carbonyl (C=O) groups excluding carboxylic acids is 1. The lowest BCUT2D eigenvalue weighted by atomic mass is 10.1. The van der Waals surface area contributed by atoms with E-state index in [0.29, 0.717) is 17.7 Å². The molecule has 126 valence electrons. The third-order valence-corrected chi connectivity index (χ3v) is 3.60. The minimum atomic E-state index is -0.473. The molecular formula is C20H22O4. The zero-order valence-electron chi connectivity index (χ0n) is 13.9. The van der Waals surface area contributed by atoms with Gasteiger partial charge in [-0.3, -0.25) is 4.79 Å². The smallest absolute Gasteiger partial charge is 0.185 e. The van der Waals surface area contributed by atoms with E-state index in [4.69, 9.17) is 9.47 Å². The highest BCUT2D eigenvalue weighted by Crippen LogP contribution is 2.15. The van der Waals surface area contributed by atoms with Gasteiger partial charge in [-0.05, 0) is 54.5 Å². The fourth-order valence-corrected chi connectivity index (χ4v) is 2.01. The summed E-state index contributed by atoms with van der Waals surface area (Å²) in [5.41, 5.74) is 1.51. The van der Waals surface area contributed by atoms with E-state index in [1.165, 1.54) is 0 Å². The second-order valence-electron chi connectivity index (χ2n) is 5.37. The Morgan fingerprint density at radius 2 is 1.71 bits per heavy atom. The van der Waals surface area contributed by atoms with Crippen LogP contribution in [-0.2, 0) is 0 Å². The molecule has 1 unspecified atom stereocenters. The van der Waals surface area contributed by atoms with Gasteiger partial charge in [0.25, 0.3) is 0 Å². The predicted molar refractivity (Wildman–Crippen MR) is 94.6 cm³/mol. The largest absolute Gasteiger partial charge is 0.497 e. The van der Waals surface area contributed by atoms with Crippen molar-refractivity contribution >= 4 is 11.9 Å². The summed E-state index contributed by atoms with van der Waals surface area (Å²) in [5.74, 6) is 1.34. The minimum Gasteiger partial charge on any atom is -0.497 e. The Labute approximate surface area is 142 Å². The lowest BCUT2D eigenvalue weighted by Gasteiger charge is -2.10. The standard InChI is InChI=1S/C20H22O4/c1-3-17(21)14-24-19-11-7-16(8-12-19)20(22)13-6-15-4-9-18(23-2)10-5-15/h4-13,17,21H,3,14H2,1-2H3/b13-6-. The molecule has 4 nitrogen and oxygen atoms in total. The number of ketones is 1. The van der Waals surface area contributed by atoms with Crippen molar-refractivity contribution in [1.82, 2.24) is 0 Å². The van der Waals surface area contributed by atoms with Crippen molar-refractivity contribution in [2.24, 2.45) is 0 Å². The van der Waals surface area contributed by atoms with Crippen LogP contribution in [0.3, 0.4) is 0 Å². The van der Waals surface area contributed by atoms with Gasteiger partial charge in [-0.2, -0.15) is 0 Å². The summed E-state index contributed by atoms with van der Waals surface area (Å²) in [5, 5.41) is 9.48.